The fraction of sp³-hybridized carbons (Fsp3) is 0.444. The largest absolute Gasteiger partial charge is 0.335 e. The summed E-state index contributed by atoms with van der Waals surface area (Å²) in [5.41, 5.74) is 2.95. The Hall–Kier alpha value is -1.86. The molecule has 6 nitrogen and oxygen atoms in total. The molecular formula is C18H22ClN3O3S. The lowest BCUT2D eigenvalue weighted by atomic mass is 10.1. The van der Waals surface area contributed by atoms with E-state index in [1.165, 1.54) is 0 Å². The van der Waals surface area contributed by atoms with E-state index in [0.717, 1.165) is 17.1 Å². The average Bonchev–Trinajstić information content (AvgIpc) is 3.09. The molecule has 1 saturated heterocycles. The van der Waals surface area contributed by atoms with Gasteiger partial charge in [-0.25, -0.2) is 13.1 Å². The molecule has 1 aliphatic rings. The molecule has 1 aliphatic heterocycles. The van der Waals surface area contributed by atoms with Crippen LogP contribution in [0.3, 0.4) is 0 Å². The predicted octanol–water partition coefficient (Wildman–Crippen LogP) is 2.79. The number of carbonyl (C=O) groups excluding carboxylic acids is 1. The van der Waals surface area contributed by atoms with Gasteiger partial charge in [-0.05, 0) is 51.5 Å². The van der Waals surface area contributed by atoms with Gasteiger partial charge in [-0.2, -0.15) is 5.10 Å². The first-order chi connectivity index (χ1) is 12.2. The second-order valence-corrected chi connectivity index (χ2v) is 9.20. The molecule has 0 aliphatic carbocycles. The molecule has 0 N–H and O–H groups in total. The summed E-state index contributed by atoms with van der Waals surface area (Å²) in [4.78, 5) is 14.5. The fourth-order valence-corrected chi connectivity index (χ4v) is 5.22. The van der Waals surface area contributed by atoms with Crippen molar-refractivity contribution in [3.05, 3.63) is 46.2 Å². The van der Waals surface area contributed by atoms with Gasteiger partial charge in [-0.1, -0.05) is 11.6 Å². The van der Waals surface area contributed by atoms with Crippen LogP contribution in [0, 0.1) is 13.8 Å². The van der Waals surface area contributed by atoms with Gasteiger partial charge in [-0.15, -0.1) is 0 Å². The van der Waals surface area contributed by atoms with Gasteiger partial charge >= 0.3 is 0 Å². The minimum Gasteiger partial charge on any atom is -0.335 e. The summed E-state index contributed by atoms with van der Waals surface area (Å²) in [5, 5.41) is 5.04. The van der Waals surface area contributed by atoms with Gasteiger partial charge in [0.1, 0.15) is 0 Å². The van der Waals surface area contributed by atoms with Crippen molar-refractivity contribution < 1.29 is 13.2 Å². The Labute approximate surface area is 158 Å². The molecule has 2 aromatic rings. The number of aromatic nitrogens is 2. The second-order valence-electron chi connectivity index (χ2n) is 6.59. The molecule has 0 radical (unpaired) electrons. The molecule has 1 atom stereocenters. The number of nitrogens with zero attached hydrogens (tertiary/aromatic N) is 3. The van der Waals surface area contributed by atoms with Crippen molar-refractivity contribution in [2.45, 2.75) is 33.2 Å². The lowest BCUT2D eigenvalue weighted by molar-refractivity contribution is 0.0708. The van der Waals surface area contributed by atoms with Crippen LogP contribution in [0.15, 0.2) is 24.3 Å². The van der Waals surface area contributed by atoms with Crippen LogP contribution in [-0.4, -0.2) is 53.1 Å². The number of hydrogen-bond acceptors (Lipinski definition) is 4. The molecule has 0 saturated carbocycles. The maximum Gasteiger partial charge on any atom is 0.254 e. The van der Waals surface area contributed by atoms with Crippen molar-refractivity contribution in [3.8, 4) is 5.69 Å². The highest BCUT2D eigenvalue weighted by molar-refractivity contribution is 7.91. The van der Waals surface area contributed by atoms with Crippen molar-refractivity contribution in [2.24, 2.45) is 0 Å². The van der Waals surface area contributed by atoms with E-state index in [1.807, 2.05) is 32.9 Å². The molecule has 0 spiro atoms. The maximum atomic E-state index is 12.8. The fourth-order valence-electron chi connectivity index (χ4n) is 3.37. The van der Waals surface area contributed by atoms with E-state index >= 15 is 0 Å². The van der Waals surface area contributed by atoms with Crippen LogP contribution >= 0.6 is 11.6 Å². The molecule has 1 fully saturated rings. The molecule has 2 heterocycles. The minimum absolute atomic E-state index is 0.0505. The standard InChI is InChI=1S/C18H22ClN3O3S/c1-4-21(16-9-10-26(24,25)11-16)18(23)14-5-7-15(8-6-14)22-13(3)17(19)12(2)20-22/h5-8,16H,4,9-11H2,1-3H3. The zero-order valence-corrected chi connectivity index (χ0v) is 16.6. The quantitative estimate of drug-likeness (QED) is 0.797. The topological polar surface area (TPSA) is 72.3 Å². The number of rotatable bonds is 4. The third-order valence-corrected chi connectivity index (χ3v) is 7.11. The Balaban J connectivity index is 1.83. The third-order valence-electron chi connectivity index (χ3n) is 4.81. The maximum absolute atomic E-state index is 12.8. The van der Waals surface area contributed by atoms with Gasteiger partial charge in [0.15, 0.2) is 9.84 Å². The van der Waals surface area contributed by atoms with Gasteiger partial charge in [0, 0.05) is 18.2 Å². The number of sulfone groups is 1. The Morgan fingerprint density at radius 2 is 1.96 bits per heavy atom. The van der Waals surface area contributed by atoms with Gasteiger partial charge in [-0.3, -0.25) is 4.79 Å². The van der Waals surface area contributed by atoms with E-state index in [0.29, 0.717) is 23.6 Å². The van der Waals surface area contributed by atoms with Crippen molar-refractivity contribution >= 4 is 27.3 Å². The predicted molar refractivity (Wildman–Crippen MR) is 102 cm³/mol. The van der Waals surface area contributed by atoms with Crippen LogP contribution in [-0.2, 0) is 9.84 Å². The highest BCUT2D eigenvalue weighted by Crippen LogP contribution is 2.24. The first-order valence-corrected chi connectivity index (χ1v) is 10.8. The summed E-state index contributed by atoms with van der Waals surface area (Å²) >= 11 is 6.19. The van der Waals surface area contributed by atoms with Crippen LogP contribution < -0.4 is 0 Å². The highest BCUT2D eigenvalue weighted by atomic mass is 35.5. The monoisotopic (exact) mass is 395 g/mol. The number of benzene rings is 1. The van der Waals surface area contributed by atoms with Gasteiger partial charge < -0.3 is 4.90 Å². The number of carbonyl (C=O) groups is 1. The lowest BCUT2D eigenvalue weighted by Crippen LogP contribution is -2.40. The van der Waals surface area contributed by atoms with Crippen LogP contribution in [0.5, 0.6) is 0 Å². The van der Waals surface area contributed by atoms with Crippen LogP contribution in [0.1, 0.15) is 35.1 Å². The third kappa shape index (κ3) is 3.50. The molecule has 1 aromatic heterocycles. The molecular weight excluding hydrogens is 374 g/mol. The van der Waals surface area contributed by atoms with Crippen LogP contribution in [0.2, 0.25) is 5.02 Å². The van der Waals surface area contributed by atoms with Crippen molar-refractivity contribution in [2.75, 3.05) is 18.1 Å². The van der Waals surface area contributed by atoms with E-state index in [1.54, 1.807) is 21.7 Å². The summed E-state index contributed by atoms with van der Waals surface area (Å²) < 4.78 is 25.2. The first-order valence-electron chi connectivity index (χ1n) is 8.57. The van der Waals surface area contributed by atoms with Crippen molar-refractivity contribution in [3.63, 3.8) is 0 Å². The van der Waals surface area contributed by atoms with E-state index in [9.17, 15) is 13.2 Å². The smallest absolute Gasteiger partial charge is 0.254 e. The molecule has 8 heteroatoms. The molecule has 1 aromatic carbocycles. The zero-order chi connectivity index (χ0) is 19.1. The van der Waals surface area contributed by atoms with E-state index in [4.69, 9.17) is 11.6 Å². The SMILES string of the molecule is CCN(C(=O)c1ccc(-n2nc(C)c(Cl)c2C)cc1)C1CCS(=O)(=O)C1. The highest BCUT2D eigenvalue weighted by Gasteiger charge is 2.34. The van der Waals surface area contributed by atoms with Crippen LogP contribution in [0.4, 0.5) is 0 Å². The number of hydrogen-bond donors (Lipinski definition) is 0. The van der Waals surface area contributed by atoms with E-state index in [-0.39, 0.29) is 23.5 Å². The molecule has 1 amide bonds. The molecule has 140 valence electrons. The first kappa shape index (κ1) is 18.9. The molecule has 3 rings (SSSR count). The Kier molecular flexibility index (Phi) is 5.12. The molecule has 0 bridgehead atoms. The summed E-state index contributed by atoms with van der Waals surface area (Å²) in [5.74, 6) is 0.0566. The van der Waals surface area contributed by atoms with E-state index in [2.05, 4.69) is 5.10 Å². The summed E-state index contributed by atoms with van der Waals surface area (Å²) in [7, 11) is -3.03. The lowest BCUT2D eigenvalue weighted by Gasteiger charge is -2.27. The average molecular weight is 396 g/mol. The summed E-state index contributed by atoms with van der Waals surface area (Å²) in [6, 6.07) is 6.89. The zero-order valence-electron chi connectivity index (χ0n) is 15.1. The number of amides is 1. The Bertz CT molecular complexity index is 935. The van der Waals surface area contributed by atoms with E-state index < -0.39 is 9.84 Å². The Morgan fingerprint density at radius 1 is 1.31 bits per heavy atom. The summed E-state index contributed by atoms with van der Waals surface area (Å²) in [6.45, 7) is 6.09. The molecule has 26 heavy (non-hydrogen) atoms. The second kappa shape index (κ2) is 7.04. The number of aryl methyl sites for hydroxylation is 1. The minimum atomic E-state index is -3.03. The van der Waals surface area contributed by atoms with Crippen molar-refractivity contribution in [1.29, 1.82) is 0 Å². The van der Waals surface area contributed by atoms with Crippen molar-refractivity contribution in [1.82, 2.24) is 14.7 Å². The van der Waals surface area contributed by atoms with Gasteiger partial charge in [0.05, 0.1) is 33.6 Å². The van der Waals surface area contributed by atoms with Crippen LogP contribution in [0.25, 0.3) is 5.69 Å². The summed E-state index contributed by atoms with van der Waals surface area (Å²) in [6.07, 6.45) is 0.504. The number of halogens is 1. The normalized spacial score (nSPS) is 18.8. The van der Waals surface area contributed by atoms with Gasteiger partial charge in [0.2, 0.25) is 0 Å². The Morgan fingerprint density at radius 3 is 2.42 bits per heavy atom. The molecule has 1 unspecified atom stereocenters. The van der Waals surface area contributed by atoms with Gasteiger partial charge in [0.25, 0.3) is 5.91 Å².